The summed E-state index contributed by atoms with van der Waals surface area (Å²) in [5.74, 6) is -0.137. The molecule has 1 amide bonds. The Bertz CT molecular complexity index is 953. The summed E-state index contributed by atoms with van der Waals surface area (Å²) in [7, 11) is 0. The van der Waals surface area contributed by atoms with Crippen molar-refractivity contribution in [1.29, 1.82) is 5.26 Å². The highest BCUT2D eigenvalue weighted by Gasteiger charge is 2.58. The number of aromatic nitrogens is 2. The summed E-state index contributed by atoms with van der Waals surface area (Å²) in [6.45, 7) is 2.09. The SMILES string of the molecule is CCCCc1[nH]nc2c1[C@@]1(C(=O)Nc3ccccc31)C(C#N)=C(N)O2. The van der Waals surface area contributed by atoms with Gasteiger partial charge in [-0.3, -0.25) is 9.89 Å². The average Bonchev–Trinajstić information content (AvgIpc) is 3.13. The van der Waals surface area contributed by atoms with Gasteiger partial charge in [-0.1, -0.05) is 31.5 Å². The van der Waals surface area contributed by atoms with Gasteiger partial charge in [0.2, 0.25) is 17.7 Å². The highest BCUT2D eigenvalue weighted by atomic mass is 16.5. The minimum absolute atomic E-state index is 0.0876. The van der Waals surface area contributed by atoms with Gasteiger partial charge in [0, 0.05) is 16.9 Å². The summed E-state index contributed by atoms with van der Waals surface area (Å²) in [5.41, 5.74) is 7.52. The summed E-state index contributed by atoms with van der Waals surface area (Å²) in [4.78, 5) is 13.2. The molecule has 4 rings (SSSR count). The van der Waals surface area contributed by atoms with Crippen molar-refractivity contribution >= 4 is 11.6 Å². The third-order valence-corrected chi connectivity index (χ3v) is 4.82. The number of nitrogens with one attached hydrogen (secondary N) is 2. The number of unbranched alkanes of at least 4 members (excludes halogenated alkanes) is 1. The molecule has 2 aliphatic heterocycles. The van der Waals surface area contributed by atoms with E-state index in [1.165, 1.54) is 0 Å². The Balaban J connectivity index is 2.06. The molecule has 7 heteroatoms. The summed E-state index contributed by atoms with van der Waals surface area (Å²) >= 11 is 0. The molecule has 2 aromatic rings. The third kappa shape index (κ3) is 1.85. The van der Waals surface area contributed by atoms with Crippen molar-refractivity contribution in [3.63, 3.8) is 0 Å². The predicted molar refractivity (Wildman–Crippen MR) is 90.5 cm³/mol. The van der Waals surface area contributed by atoms with E-state index in [-0.39, 0.29) is 23.2 Å². The molecule has 1 aromatic heterocycles. The second-order valence-electron chi connectivity index (χ2n) is 6.19. The van der Waals surface area contributed by atoms with Crippen molar-refractivity contribution in [3.8, 4) is 11.9 Å². The molecule has 0 radical (unpaired) electrons. The zero-order chi connectivity index (χ0) is 17.6. The summed E-state index contributed by atoms with van der Waals surface area (Å²) in [6, 6.07) is 9.43. The van der Waals surface area contributed by atoms with Gasteiger partial charge in [0.15, 0.2) is 0 Å². The molecular formula is C18H17N5O2. The van der Waals surface area contributed by atoms with E-state index in [4.69, 9.17) is 10.5 Å². The lowest BCUT2D eigenvalue weighted by Gasteiger charge is -2.31. The molecule has 0 bridgehead atoms. The Hall–Kier alpha value is -3.27. The summed E-state index contributed by atoms with van der Waals surface area (Å²) < 4.78 is 5.56. The van der Waals surface area contributed by atoms with E-state index in [1.807, 2.05) is 24.3 Å². The highest BCUT2D eigenvalue weighted by molar-refractivity contribution is 6.12. The standard InChI is InChI=1S/C18H17N5O2/c1-2-3-7-13-14-16(23-22-13)25-15(20)11(9-19)18(14)10-6-4-5-8-12(10)21-17(18)24/h4-6,8H,2-3,7,20H2,1H3,(H,21,24)(H,22,23)/t18-/m0/s1. The normalized spacial score (nSPS) is 20.7. The molecule has 0 unspecified atom stereocenters. The molecule has 0 saturated heterocycles. The molecule has 1 spiro atoms. The first-order valence-electron chi connectivity index (χ1n) is 8.21. The van der Waals surface area contributed by atoms with Crippen LogP contribution in [0.1, 0.15) is 36.6 Å². The second-order valence-corrected chi connectivity index (χ2v) is 6.19. The number of carbonyl (C=O) groups excluding carboxylic acids is 1. The molecular weight excluding hydrogens is 318 g/mol. The number of aryl methyl sites for hydroxylation is 1. The van der Waals surface area contributed by atoms with Crippen LogP contribution in [0.2, 0.25) is 0 Å². The number of para-hydroxylation sites is 1. The number of hydrogen-bond donors (Lipinski definition) is 3. The molecule has 25 heavy (non-hydrogen) atoms. The molecule has 1 atom stereocenters. The number of nitriles is 1. The van der Waals surface area contributed by atoms with E-state index >= 15 is 0 Å². The maximum Gasteiger partial charge on any atom is 0.245 e. The molecule has 4 N–H and O–H groups in total. The molecule has 0 saturated carbocycles. The lowest BCUT2D eigenvalue weighted by Crippen LogP contribution is -2.42. The lowest BCUT2D eigenvalue weighted by molar-refractivity contribution is -0.118. The number of rotatable bonds is 3. The number of carbonyl (C=O) groups is 1. The van der Waals surface area contributed by atoms with Crippen LogP contribution in [0, 0.1) is 11.3 Å². The third-order valence-electron chi connectivity index (χ3n) is 4.82. The highest BCUT2D eigenvalue weighted by Crippen LogP contribution is 2.53. The number of benzene rings is 1. The van der Waals surface area contributed by atoms with E-state index in [1.54, 1.807) is 0 Å². The Morgan fingerprint density at radius 3 is 2.96 bits per heavy atom. The summed E-state index contributed by atoms with van der Waals surface area (Å²) in [5, 5.41) is 19.8. The topological polar surface area (TPSA) is 117 Å². The van der Waals surface area contributed by atoms with Gasteiger partial charge < -0.3 is 15.8 Å². The van der Waals surface area contributed by atoms with Crippen molar-refractivity contribution in [1.82, 2.24) is 10.2 Å². The number of fused-ring (bicyclic) bond motifs is 4. The number of amides is 1. The molecule has 1 aromatic carbocycles. The van der Waals surface area contributed by atoms with E-state index in [0.29, 0.717) is 23.2 Å². The van der Waals surface area contributed by atoms with E-state index < -0.39 is 5.41 Å². The van der Waals surface area contributed by atoms with Crippen LogP contribution >= 0.6 is 0 Å². The van der Waals surface area contributed by atoms with E-state index in [9.17, 15) is 10.1 Å². The second kappa shape index (κ2) is 5.38. The van der Waals surface area contributed by atoms with Crippen LogP contribution in [0.15, 0.2) is 35.7 Å². The van der Waals surface area contributed by atoms with Gasteiger partial charge >= 0.3 is 0 Å². The lowest BCUT2D eigenvalue weighted by atomic mass is 9.68. The number of anilines is 1. The van der Waals surface area contributed by atoms with Crippen LogP contribution in [0.25, 0.3) is 0 Å². The number of H-pyrrole nitrogens is 1. The van der Waals surface area contributed by atoms with Crippen molar-refractivity contribution in [2.75, 3.05) is 5.32 Å². The molecule has 3 heterocycles. The first-order valence-corrected chi connectivity index (χ1v) is 8.21. The number of nitrogens with two attached hydrogens (primary N) is 1. The smallest absolute Gasteiger partial charge is 0.245 e. The average molecular weight is 335 g/mol. The van der Waals surface area contributed by atoms with Gasteiger partial charge in [-0.05, 0) is 18.9 Å². The molecule has 7 nitrogen and oxygen atoms in total. The van der Waals surface area contributed by atoms with E-state index in [0.717, 1.165) is 18.5 Å². The molecule has 2 aliphatic rings. The van der Waals surface area contributed by atoms with Gasteiger partial charge in [-0.15, -0.1) is 5.10 Å². The fourth-order valence-corrected chi connectivity index (χ4v) is 3.71. The first kappa shape index (κ1) is 15.3. The minimum atomic E-state index is -1.32. The largest absolute Gasteiger partial charge is 0.420 e. The zero-order valence-corrected chi connectivity index (χ0v) is 13.7. The monoisotopic (exact) mass is 335 g/mol. The van der Waals surface area contributed by atoms with Gasteiger partial charge in [-0.2, -0.15) is 5.26 Å². The molecule has 0 fully saturated rings. The quantitative estimate of drug-likeness (QED) is 0.794. The maximum atomic E-state index is 13.2. The van der Waals surface area contributed by atoms with Crippen molar-refractivity contribution in [2.45, 2.75) is 31.6 Å². The van der Waals surface area contributed by atoms with Crippen LogP contribution < -0.4 is 15.8 Å². The van der Waals surface area contributed by atoms with Crippen LogP contribution in [0.5, 0.6) is 5.88 Å². The van der Waals surface area contributed by atoms with E-state index in [2.05, 4.69) is 28.5 Å². The van der Waals surface area contributed by atoms with Crippen LogP contribution in [0.3, 0.4) is 0 Å². The van der Waals surface area contributed by atoms with Gasteiger partial charge in [0.25, 0.3) is 0 Å². The first-order chi connectivity index (χ1) is 12.1. The Kier molecular flexibility index (Phi) is 3.29. The van der Waals surface area contributed by atoms with Crippen molar-refractivity contribution in [3.05, 3.63) is 52.5 Å². The fraction of sp³-hybridized carbons (Fsp3) is 0.278. The maximum absolute atomic E-state index is 13.2. The molecule has 0 aliphatic carbocycles. The van der Waals surface area contributed by atoms with Crippen molar-refractivity contribution < 1.29 is 9.53 Å². The predicted octanol–water partition coefficient (Wildman–Crippen LogP) is 2.08. The number of aromatic amines is 1. The van der Waals surface area contributed by atoms with Gasteiger partial charge in [0.05, 0.1) is 5.56 Å². The minimum Gasteiger partial charge on any atom is -0.420 e. The fourth-order valence-electron chi connectivity index (χ4n) is 3.71. The Morgan fingerprint density at radius 1 is 1.40 bits per heavy atom. The van der Waals surface area contributed by atoms with Gasteiger partial charge in [-0.25, -0.2) is 0 Å². The zero-order valence-electron chi connectivity index (χ0n) is 13.7. The number of ether oxygens (including phenoxy) is 1. The van der Waals surface area contributed by atoms with Crippen LogP contribution in [-0.2, 0) is 16.6 Å². The van der Waals surface area contributed by atoms with Crippen molar-refractivity contribution in [2.24, 2.45) is 5.73 Å². The number of hydrogen-bond acceptors (Lipinski definition) is 5. The van der Waals surface area contributed by atoms with Crippen LogP contribution in [0.4, 0.5) is 5.69 Å². The van der Waals surface area contributed by atoms with Gasteiger partial charge in [0.1, 0.15) is 17.1 Å². The Morgan fingerprint density at radius 2 is 2.20 bits per heavy atom. The summed E-state index contributed by atoms with van der Waals surface area (Å²) in [6.07, 6.45) is 2.63. The van der Waals surface area contributed by atoms with Crippen LogP contribution in [-0.4, -0.2) is 16.1 Å². The number of nitrogens with zero attached hydrogens (tertiary/aromatic N) is 2. The Labute approximate surface area is 144 Å². The molecule has 126 valence electrons.